The SMILES string of the molecule is O=C(c1ccc(-c2ccccc2)cc1)N(Cc1ccccc1)CC1CCC1. The van der Waals surface area contributed by atoms with E-state index in [0.29, 0.717) is 12.5 Å². The molecule has 0 aromatic heterocycles. The van der Waals surface area contributed by atoms with E-state index in [0.717, 1.165) is 17.7 Å². The predicted molar refractivity (Wildman–Crippen MR) is 110 cm³/mol. The average Bonchev–Trinajstić information content (AvgIpc) is 2.71. The number of rotatable bonds is 6. The van der Waals surface area contributed by atoms with Crippen LogP contribution in [0.2, 0.25) is 0 Å². The van der Waals surface area contributed by atoms with Crippen LogP contribution in [0.4, 0.5) is 0 Å². The Kier molecular flexibility index (Phi) is 5.34. The van der Waals surface area contributed by atoms with Crippen molar-refractivity contribution in [3.8, 4) is 11.1 Å². The molecule has 0 saturated heterocycles. The minimum atomic E-state index is 0.130. The molecule has 1 aliphatic rings. The van der Waals surface area contributed by atoms with Gasteiger partial charge >= 0.3 is 0 Å². The van der Waals surface area contributed by atoms with Gasteiger partial charge in [-0.15, -0.1) is 0 Å². The highest BCUT2D eigenvalue weighted by molar-refractivity contribution is 5.94. The quantitative estimate of drug-likeness (QED) is 0.547. The van der Waals surface area contributed by atoms with Gasteiger partial charge in [-0.2, -0.15) is 0 Å². The van der Waals surface area contributed by atoms with Crippen LogP contribution in [0.25, 0.3) is 11.1 Å². The van der Waals surface area contributed by atoms with Crippen molar-refractivity contribution < 1.29 is 4.79 Å². The molecule has 3 aromatic rings. The lowest BCUT2D eigenvalue weighted by atomic mass is 9.85. The zero-order valence-corrected chi connectivity index (χ0v) is 15.6. The van der Waals surface area contributed by atoms with E-state index >= 15 is 0 Å². The fourth-order valence-corrected chi connectivity index (χ4v) is 3.63. The van der Waals surface area contributed by atoms with Gasteiger partial charge in [0.15, 0.2) is 0 Å². The Morgan fingerprint density at radius 1 is 0.778 bits per heavy atom. The summed E-state index contributed by atoms with van der Waals surface area (Å²) < 4.78 is 0. The van der Waals surface area contributed by atoms with Crippen LogP contribution in [0.15, 0.2) is 84.9 Å². The summed E-state index contributed by atoms with van der Waals surface area (Å²) in [5.41, 5.74) is 4.27. The molecule has 2 nitrogen and oxygen atoms in total. The molecule has 0 aliphatic heterocycles. The maximum Gasteiger partial charge on any atom is 0.254 e. The molecule has 27 heavy (non-hydrogen) atoms. The van der Waals surface area contributed by atoms with Crippen LogP contribution < -0.4 is 0 Å². The Bertz CT molecular complexity index is 867. The second kappa shape index (κ2) is 8.22. The number of carbonyl (C=O) groups is 1. The lowest BCUT2D eigenvalue weighted by molar-refractivity contribution is 0.0679. The first-order chi connectivity index (χ1) is 13.3. The molecule has 4 rings (SSSR count). The molecule has 1 fully saturated rings. The van der Waals surface area contributed by atoms with E-state index in [-0.39, 0.29) is 5.91 Å². The van der Waals surface area contributed by atoms with E-state index in [2.05, 4.69) is 24.3 Å². The Hall–Kier alpha value is -2.87. The second-order valence-electron chi connectivity index (χ2n) is 7.41. The van der Waals surface area contributed by atoms with E-state index in [1.807, 2.05) is 65.6 Å². The molecule has 136 valence electrons. The monoisotopic (exact) mass is 355 g/mol. The summed E-state index contributed by atoms with van der Waals surface area (Å²) in [6, 6.07) is 28.6. The highest BCUT2D eigenvalue weighted by atomic mass is 16.2. The number of amides is 1. The summed E-state index contributed by atoms with van der Waals surface area (Å²) in [4.78, 5) is 15.2. The van der Waals surface area contributed by atoms with Crippen LogP contribution in [-0.4, -0.2) is 17.4 Å². The smallest absolute Gasteiger partial charge is 0.254 e. The molecular weight excluding hydrogens is 330 g/mol. The molecule has 1 amide bonds. The minimum absolute atomic E-state index is 0.130. The van der Waals surface area contributed by atoms with Crippen molar-refractivity contribution in [1.82, 2.24) is 4.90 Å². The molecule has 1 saturated carbocycles. The second-order valence-corrected chi connectivity index (χ2v) is 7.41. The Balaban J connectivity index is 1.53. The van der Waals surface area contributed by atoms with Gasteiger partial charge in [0.2, 0.25) is 0 Å². The fraction of sp³-hybridized carbons (Fsp3) is 0.240. The van der Waals surface area contributed by atoms with E-state index in [4.69, 9.17) is 0 Å². The van der Waals surface area contributed by atoms with Crippen LogP contribution in [0.1, 0.15) is 35.2 Å². The van der Waals surface area contributed by atoms with E-state index in [9.17, 15) is 4.79 Å². The van der Waals surface area contributed by atoms with Crippen molar-refractivity contribution in [2.75, 3.05) is 6.54 Å². The maximum atomic E-state index is 13.2. The fourth-order valence-electron chi connectivity index (χ4n) is 3.63. The maximum absolute atomic E-state index is 13.2. The Morgan fingerprint density at radius 3 is 1.96 bits per heavy atom. The van der Waals surface area contributed by atoms with Gasteiger partial charge in [-0.1, -0.05) is 79.2 Å². The van der Waals surface area contributed by atoms with E-state index in [1.165, 1.54) is 30.4 Å². The number of nitrogens with zero attached hydrogens (tertiary/aromatic N) is 1. The van der Waals surface area contributed by atoms with E-state index in [1.54, 1.807) is 0 Å². The number of hydrogen-bond acceptors (Lipinski definition) is 1. The van der Waals surface area contributed by atoms with Crippen LogP contribution in [-0.2, 0) is 6.54 Å². The normalized spacial score (nSPS) is 13.8. The summed E-state index contributed by atoms with van der Waals surface area (Å²) in [6.45, 7) is 1.53. The summed E-state index contributed by atoms with van der Waals surface area (Å²) in [7, 11) is 0. The van der Waals surface area contributed by atoms with Crippen molar-refractivity contribution in [3.63, 3.8) is 0 Å². The van der Waals surface area contributed by atoms with Crippen molar-refractivity contribution in [3.05, 3.63) is 96.1 Å². The molecule has 0 spiro atoms. The highest BCUT2D eigenvalue weighted by Crippen LogP contribution is 2.28. The number of hydrogen-bond donors (Lipinski definition) is 0. The van der Waals surface area contributed by atoms with Crippen molar-refractivity contribution in [2.45, 2.75) is 25.8 Å². The molecule has 0 atom stereocenters. The van der Waals surface area contributed by atoms with Gasteiger partial charge in [-0.05, 0) is 47.6 Å². The largest absolute Gasteiger partial charge is 0.334 e. The van der Waals surface area contributed by atoms with Gasteiger partial charge in [-0.3, -0.25) is 4.79 Å². The molecule has 1 aliphatic carbocycles. The zero-order valence-electron chi connectivity index (χ0n) is 15.6. The molecule has 3 aromatic carbocycles. The summed E-state index contributed by atoms with van der Waals surface area (Å²) in [5.74, 6) is 0.784. The van der Waals surface area contributed by atoms with Gasteiger partial charge < -0.3 is 4.90 Å². The van der Waals surface area contributed by atoms with E-state index < -0.39 is 0 Å². The topological polar surface area (TPSA) is 20.3 Å². The molecular formula is C25H25NO. The molecule has 0 N–H and O–H groups in total. The first kappa shape index (κ1) is 17.5. The van der Waals surface area contributed by atoms with Crippen molar-refractivity contribution >= 4 is 5.91 Å². The highest BCUT2D eigenvalue weighted by Gasteiger charge is 2.24. The Labute approximate surface area is 161 Å². The average molecular weight is 355 g/mol. The number of carbonyl (C=O) groups excluding carboxylic acids is 1. The standard InChI is InChI=1S/C25H25NO/c27-25(24-16-14-23(15-17-24)22-12-5-2-6-13-22)26(19-21-10-7-11-21)18-20-8-3-1-4-9-20/h1-6,8-9,12-17,21H,7,10-11,18-19H2. The molecule has 0 heterocycles. The van der Waals surface area contributed by atoms with Gasteiger partial charge in [0.25, 0.3) is 5.91 Å². The van der Waals surface area contributed by atoms with Gasteiger partial charge in [0, 0.05) is 18.7 Å². The predicted octanol–water partition coefficient (Wildman–Crippen LogP) is 5.80. The van der Waals surface area contributed by atoms with Crippen LogP contribution in [0, 0.1) is 5.92 Å². The lowest BCUT2D eigenvalue weighted by Gasteiger charge is -2.32. The summed E-state index contributed by atoms with van der Waals surface area (Å²) in [6.07, 6.45) is 3.78. The summed E-state index contributed by atoms with van der Waals surface area (Å²) >= 11 is 0. The molecule has 0 unspecified atom stereocenters. The van der Waals surface area contributed by atoms with Crippen LogP contribution in [0.5, 0.6) is 0 Å². The third kappa shape index (κ3) is 4.28. The third-order valence-corrected chi connectivity index (χ3v) is 5.45. The number of benzene rings is 3. The Morgan fingerprint density at radius 2 is 1.37 bits per heavy atom. The lowest BCUT2D eigenvalue weighted by Crippen LogP contribution is -2.37. The first-order valence-corrected chi connectivity index (χ1v) is 9.78. The molecule has 0 bridgehead atoms. The first-order valence-electron chi connectivity index (χ1n) is 9.78. The van der Waals surface area contributed by atoms with Crippen LogP contribution in [0.3, 0.4) is 0 Å². The van der Waals surface area contributed by atoms with Crippen molar-refractivity contribution in [2.24, 2.45) is 5.92 Å². The van der Waals surface area contributed by atoms with Crippen LogP contribution >= 0.6 is 0 Å². The van der Waals surface area contributed by atoms with Gasteiger partial charge in [0.05, 0.1) is 0 Å². The van der Waals surface area contributed by atoms with Crippen molar-refractivity contribution in [1.29, 1.82) is 0 Å². The summed E-state index contributed by atoms with van der Waals surface area (Å²) in [5, 5.41) is 0. The van der Waals surface area contributed by atoms with Gasteiger partial charge in [-0.25, -0.2) is 0 Å². The third-order valence-electron chi connectivity index (χ3n) is 5.45. The zero-order chi connectivity index (χ0) is 18.5. The molecule has 2 heteroatoms. The minimum Gasteiger partial charge on any atom is -0.334 e. The molecule has 0 radical (unpaired) electrons. The van der Waals surface area contributed by atoms with Gasteiger partial charge in [0.1, 0.15) is 0 Å².